The summed E-state index contributed by atoms with van der Waals surface area (Å²) < 4.78 is 33.6. The average Bonchev–Trinajstić information content (AvgIpc) is 3.24. The van der Waals surface area contributed by atoms with Gasteiger partial charge in [-0.3, -0.25) is 4.79 Å². The minimum absolute atomic E-state index is 0.0344. The van der Waals surface area contributed by atoms with Gasteiger partial charge in [0.2, 0.25) is 5.91 Å². The lowest BCUT2D eigenvalue weighted by molar-refractivity contribution is -0.116. The Labute approximate surface area is 173 Å². The fourth-order valence-corrected chi connectivity index (χ4v) is 6.15. The van der Waals surface area contributed by atoms with Gasteiger partial charge in [0, 0.05) is 17.4 Å². The predicted molar refractivity (Wildman–Crippen MR) is 112 cm³/mol. The van der Waals surface area contributed by atoms with Crippen molar-refractivity contribution in [2.24, 2.45) is 5.92 Å². The van der Waals surface area contributed by atoms with Gasteiger partial charge in [-0.15, -0.1) is 11.3 Å². The molecule has 0 saturated carbocycles. The van der Waals surface area contributed by atoms with Gasteiger partial charge in [-0.25, -0.2) is 13.2 Å². The summed E-state index contributed by atoms with van der Waals surface area (Å²) >= 11 is 1.24. The van der Waals surface area contributed by atoms with Crippen LogP contribution in [0.15, 0.2) is 29.6 Å². The van der Waals surface area contributed by atoms with Crippen molar-refractivity contribution in [3.05, 3.63) is 35.2 Å². The lowest BCUT2D eigenvalue weighted by Crippen LogP contribution is -2.18. The monoisotopic (exact) mass is 437 g/mol. The zero-order valence-electron chi connectivity index (χ0n) is 16.3. The van der Waals surface area contributed by atoms with Gasteiger partial charge in [-0.1, -0.05) is 12.1 Å². The molecule has 2 aromatic rings. The van der Waals surface area contributed by atoms with Crippen LogP contribution in [-0.2, 0) is 19.4 Å². The summed E-state index contributed by atoms with van der Waals surface area (Å²) in [6.45, 7) is 1.93. The predicted octanol–water partition coefficient (Wildman–Crippen LogP) is 3.36. The number of amides is 1. The number of carbonyl (C=O) groups is 2. The van der Waals surface area contributed by atoms with Gasteiger partial charge in [0.25, 0.3) is 0 Å². The summed E-state index contributed by atoms with van der Waals surface area (Å²) in [5.74, 6) is -0.153. The minimum Gasteiger partial charge on any atom is -0.497 e. The molecule has 1 saturated heterocycles. The Kier molecular flexibility index (Phi) is 6.59. The molecule has 1 aliphatic heterocycles. The van der Waals surface area contributed by atoms with Crippen LogP contribution in [0.4, 0.5) is 5.00 Å². The summed E-state index contributed by atoms with van der Waals surface area (Å²) in [5, 5.41) is 4.97. The normalized spacial score (nSPS) is 17.7. The van der Waals surface area contributed by atoms with Crippen molar-refractivity contribution in [2.75, 3.05) is 30.5 Å². The number of anilines is 1. The van der Waals surface area contributed by atoms with Gasteiger partial charge in [0.1, 0.15) is 16.3 Å². The number of carbonyl (C=O) groups excluding carboxylic acids is 2. The number of benzene rings is 1. The van der Waals surface area contributed by atoms with Gasteiger partial charge in [0.05, 0.1) is 25.2 Å². The zero-order valence-corrected chi connectivity index (χ0v) is 17.9. The standard InChI is InChI=1S/C20H23NO6S2/c1-3-27-20(23)18-16(14-4-6-15(26-2)7-5-14)11-28-19(18)21-17(22)10-13-8-9-29(24,25)12-13/h4-7,11,13H,3,8-10,12H2,1-2H3,(H,21,22). The maximum atomic E-state index is 12.6. The molecule has 3 rings (SSSR count). The number of rotatable bonds is 7. The first-order valence-electron chi connectivity index (χ1n) is 9.26. The molecule has 0 spiro atoms. The van der Waals surface area contributed by atoms with Crippen molar-refractivity contribution in [3.63, 3.8) is 0 Å². The molecule has 7 nitrogen and oxygen atoms in total. The lowest BCUT2D eigenvalue weighted by Gasteiger charge is -2.11. The highest BCUT2D eigenvalue weighted by Gasteiger charge is 2.30. The molecule has 2 heterocycles. The number of ether oxygens (including phenoxy) is 2. The molecule has 9 heteroatoms. The third kappa shape index (κ3) is 5.16. The molecule has 1 fully saturated rings. The maximum absolute atomic E-state index is 12.6. The Morgan fingerprint density at radius 2 is 1.97 bits per heavy atom. The Morgan fingerprint density at radius 1 is 1.24 bits per heavy atom. The van der Waals surface area contributed by atoms with Crippen LogP contribution in [0.5, 0.6) is 5.75 Å². The first-order valence-corrected chi connectivity index (χ1v) is 12.0. The van der Waals surface area contributed by atoms with E-state index >= 15 is 0 Å². The summed E-state index contributed by atoms with van der Waals surface area (Å²) in [6, 6.07) is 7.25. The van der Waals surface area contributed by atoms with Crippen molar-refractivity contribution < 1.29 is 27.5 Å². The summed E-state index contributed by atoms with van der Waals surface area (Å²) in [6.07, 6.45) is 0.597. The quantitative estimate of drug-likeness (QED) is 0.667. The minimum atomic E-state index is -3.04. The van der Waals surface area contributed by atoms with Crippen LogP contribution in [0.3, 0.4) is 0 Å². The SMILES string of the molecule is CCOC(=O)c1c(-c2ccc(OC)cc2)csc1NC(=O)CC1CCS(=O)(=O)C1. The highest BCUT2D eigenvalue weighted by atomic mass is 32.2. The largest absolute Gasteiger partial charge is 0.497 e. The Balaban J connectivity index is 1.83. The number of sulfone groups is 1. The summed E-state index contributed by atoms with van der Waals surface area (Å²) in [5.41, 5.74) is 1.76. The second-order valence-electron chi connectivity index (χ2n) is 6.82. The third-order valence-corrected chi connectivity index (χ3v) is 7.46. The molecular weight excluding hydrogens is 414 g/mol. The van der Waals surface area contributed by atoms with E-state index in [1.165, 1.54) is 11.3 Å². The van der Waals surface area contributed by atoms with E-state index in [2.05, 4.69) is 5.32 Å². The highest BCUT2D eigenvalue weighted by molar-refractivity contribution is 7.91. The number of hydrogen-bond acceptors (Lipinski definition) is 7. The summed E-state index contributed by atoms with van der Waals surface area (Å²) in [7, 11) is -1.47. The van der Waals surface area contributed by atoms with E-state index < -0.39 is 15.8 Å². The first-order chi connectivity index (χ1) is 13.8. The number of nitrogens with one attached hydrogen (secondary N) is 1. The molecule has 1 aliphatic rings. The molecule has 1 atom stereocenters. The van der Waals surface area contributed by atoms with Crippen LogP contribution >= 0.6 is 11.3 Å². The van der Waals surface area contributed by atoms with E-state index in [1.54, 1.807) is 31.5 Å². The van der Waals surface area contributed by atoms with Crippen LogP contribution in [0.1, 0.15) is 30.1 Å². The molecule has 0 radical (unpaired) electrons. The topological polar surface area (TPSA) is 98.8 Å². The van der Waals surface area contributed by atoms with Crippen molar-refractivity contribution in [3.8, 4) is 16.9 Å². The van der Waals surface area contributed by atoms with E-state index in [0.29, 0.717) is 28.3 Å². The van der Waals surface area contributed by atoms with Gasteiger partial charge >= 0.3 is 5.97 Å². The van der Waals surface area contributed by atoms with Crippen LogP contribution in [0.2, 0.25) is 0 Å². The van der Waals surface area contributed by atoms with E-state index in [-0.39, 0.29) is 36.4 Å². The molecule has 1 aromatic carbocycles. The van der Waals surface area contributed by atoms with Gasteiger partial charge in [-0.05, 0) is 37.0 Å². The molecule has 29 heavy (non-hydrogen) atoms. The molecular formula is C20H23NO6S2. The fraction of sp³-hybridized carbons (Fsp3) is 0.400. The molecule has 0 bridgehead atoms. The van der Waals surface area contributed by atoms with Crippen molar-refractivity contribution in [2.45, 2.75) is 19.8 Å². The van der Waals surface area contributed by atoms with Crippen LogP contribution in [-0.4, -0.2) is 45.5 Å². The van der Waals surface area contributed by atoms with Crippen molar-refractivity contribution in [1.82, 2.24) is 0 Å². The Hall–Kier alpha value is -2.39. The molecule has 156 valence electrons. The van der Waals surface area contributed by atoms with E-state index in [1.807, 2.05) is 12.1 Å². The van der Waals surface area contributed by atoms with E-state index in [4.69, 9.17) is 9.47 Å². The molecule has 0 aliphatic carbocycles. The molecule has 1 aromatic heterocycles. The van der Waals surface area contributed by atoms with E-state index in [0.717, 1.165) is 5.56 Å². The smallest absolute Gasteiger partial charge is 0.341 e. The maximum Gasteiger partial charge on any atom is 0.341 e. The van der Waals surface area contributed by atoms with Crippen LogP contribution < -0.4 is 10.1 Å². The Morgan fingerprint density at radius 3 is 2.55 bits per heavy atom. The Bertz CT molecular complexity index is 994. The number of thiophene rings is 1. The lowest BCUT2D eigenvalue weighted by atomic mass is 10.0. The van der Waals surface area contributed by atoms with Gasteiger partial charge in [-0.2, -0.15) is 0 Å². The summed E-state index contributed by atoms with van der Waals surface area (Å²) in [4.78, 5) is 25.1. The molecule has 1 unspecified atom stereocenters. The van der Waals surface area contributed by atoms with Crippen LogP contribution in [0, 0.1) is 5.92 Å². The van der Waals surface area contributed by atoms with Crippen molar-refractivity contribution >= 4 is 38.1 Å². The molecule has 1 N–H and O–H groups in total. The number of esters is 1. The van der Waals surface area contributed by atoms with Crippen molar-refractivity contribution in [1.29, 1.82) is 0 Å². The second kappa shape index (κ2) is 8.96. The average molecular weight is 438 g/mol. The van der Waals surface area contributed by atoms with Gasteiger partial charge in [0.15, 0.2) is 9.84 Å². The second-order valence-corrected chi connectivity index (χ2v) is 9.93. The van der Waals surface area contributed by atoms with Gasteiger partial charge < -0.3 is 14.8 Å². The highest BCUT2D eigenvalue weighted by Crippen LogP contribution is 2.37. The fourth-order valence-electron chi connectivity index (χ4n) is 3.31. The van der Waals surface area contributed by atoms with Crippen LogP contribution in [0.25, 0.3) is 11.1 Å². The number of methoxy groups -OCH3 is 1. The molecule has 1 amide bonds. The van der Waals surface area contributed by atoms with E-state index in [9.17, 15) is 18.0 Å². The first kappa shape index (κ1) is 21.3. The third-order valence-electron chi connectivity index (χ3n) is 4.73. The zero-order chi connectivity index (χ0) is 21.0. The number of hydrogen-bond donors (Lipinski definition) is 1.